The van der Waals surface area contributed by atoms with Gasteiger partial charge in [0.2, 0.25) is 4.38 Å². The van der Waals surface area contributed by atoms with Gasteiger partial charge in [-0.05, 0) is 69.7 Å². The average molecular weight is 375 g/mol. The Balaban J connectivity index is 1.83. The minimum absolute atomic E-state index is 0.248. The van der Waals surface area contributed by atoms with E-state index in [1.54, 1.807) is 12.1 Å². The third-order valence-electron chi connectivity index (χ3n) is 3.33. The van der Waals surface area contributed by atoms with Crippen molar-refractivity contribution in [2.45, 2.75) is 33.4 Å². The first-order valence-electron chi connectivity index (χ1n) is 7.96. The van der Waals surface area contributed by atoms with Gasteiger partial charge in [-0.1, -0.05) is 41.6 Å². The van der Waals surface area contributed by atoms with Crippen molar-refractivity contribution in [3.63, 3.8) is 0 Å². The van der Waals surface area contributed by atoms with Crippen LogP contribution in [0.25, 0.3) is 0 Å². The SMILES string of the molecule is Cc1ccc(OC(=S)SCc2ccc(OC(=O)C(C)(C)C)cc2)cc1. The van der Waals surface area contributed by atoms with Crippen LogP contribution >= 0.6 is 24.0 Å². The van der Waals surface area contributed by atoms with Crippen LogP contribution in [0.15, 0.2) is 48.5 Å². The minimum Gasteiger partial charge on any atom is -0.440 e. The van der Waals surface area contributed by atoms with Crippen LogP contribution in [0, 0.1) is 12.3 Å². The summed E-state index contributed by atoms with van der Waals surface area (Å²) in [4.78, 5) is 11.9. The Bertz CT molecular complexity index is 729. The van der Waals surface area contributed by atoms with Gasteiger partial charge < -0.3 is 9.47 Å². The van der Waals surface area contributed by atoms with Crippen LogP contribution in [0.4, 0.5) is 0 Å². The van der Waals surface area contributed by atoms with E-state index in [2.05, 4.69) is 0 Å². The summed E-state index contributed by atoms with van der Waals surface area (Å²) in [6, 6.07) is 15.2. The molecule has 0 fully saturated rings. The molecule has 0 aliphatic rings. The summed E-state index contributed by atoms with van der Waals surface area (Å²) in [5.74, 6) is 1.74. The second-order valence-electron chi connectivity index (χ2n) is 6.74. The van der Waals surface area contributed by atoms with E-state index in [1.165, 1.54) is 17.3 Å². The molecule has 25 heavy (non-hydrogen) atoms. The van der Waals surface area contributed by atoms with Gasteiger partial charge >= 0.3 is 5.97 Å². The highest BCUT2D eigenvalue weighted by molar-refractivity contribution is 8.22. The molecule has 0 atom stereocenters. The van der Waals surface area contributed by atoms with E-state index in [0.717, 1.165) is 11.3 Å². The van der Waals surface area contributed by atoms with Gasteiger partial charge in [-0.3, -0.25) is 4.79 Å². The zero-order valence-electron chi connectivity index (χ0n) is 14.9. The number of hydrogen-bond acceptors (Lipinski definition) is 5. The molecule has 0 heterocycles. The van der Waals surface area contributed by atoms with Crippen LogP contribution < -0.4 is 9.47 Å². The Morgan fingerprint density at radius 3 is 2.04 bits per heavy atom. The van der Waals surface area contributed by atoms with Crippen molar-refractivity contribution in [1.82, 2.24) is 0 Å². The van der Waals surface area contributed by atoms with Gasteiger partial charge in [0.15, 0.2) is 0 Å². The van der Waals surface area contributed by atoms with Gasteiger partial charge in [-0.25, -0.2) is 0 Å². The summed E-state index contributed by atoms with van der Waals surface area (Å²) in [5.41, 5.74) is 1.74. The van der Waals surface area contributed by atoms with E-state index in [0.29, 0.717) is 15.9 Å². The normalized spacial score (nSPS) is 11.0. The predicted molar refractivity (Wildman–Crippen MR) is 107 cm³/mol. The van der Waals surface area contributed by atoms with Crippen LogP contribution in [-0.4, -0.2) is 10.4 Å². The molecule has 3 nitrogen and oxygen atoms in total. The summed E-state index contributed by atoms with van der Waals surface area (Å²) in [7, 11) is 0. The predicted octanol–water partition coefficient (Wildman–Crippen LogP) is 5.54. The number of hydrogen-bond donors (Lipinski definition) is 0. The first-order chi connectivity index (χ1) is 11.7. The van der Waals surface area contributed by atoms with Gasteiger partial charge in [-0.2, -0.15) is 0 Å². The van der Waals surface area contributed by atoms with Crippen molar-refractivity contribution in [3.05, 3.63) is 59.7 Å². The van der Waals surface area contributed by atoms with Crippen LogP contribution in [0.2, 0.25) is 0 Å². The maximum Gasteiger partial charge on any atom is 0.316 e. The lowest BCUT2D eigenvalue weighted by Gasteiger charge is -2.16. The largest absolute Gasteiger partial charge is 0.440 e. The number of esters is 1. The van der Waals surface area contributed by atoms with Crippen LogP contribution in [0.1, 0.15) is 31.9 Å². The number of aryl methyl sites for hydroxylation is 1. The van der Waals surface area contributed by atoms with E-state index < -0.39 is 5.41 Å². The Morgan fingerprint density at radius 1 is 0.960 bits per heavy atom. The zero-order chi connectivity index (χ0) is 18.4. The molecule has 132 valence electrons. The van der Waals surface area contributed by atoms with Crippen molar-refractivity contribution in [2.24, 2.45) is 5.41 Å². The summed E-state index contributed by atoms with van der Waals surface area (Å²) in [5, 5.41) is 0. The van der Waals surface area contributed by atoms with Gasteiger partial charge in [-0.15, -0.1) is 0 Å². The molecule has 0 spiro atoms. The van der Waals surface area contributed by atoms with Gasteiger partial charge in [0, 0.05) is 5.75 Å². The van der Waals surface area contributed by atoms with E-state index in [4.69, 9.17) is 21.7 Å². The second kappa shape index (κ2) is 8.50. The Kier molecular flexibility index (Phi) is 6.62. The fraction of sp³-hybridized carbons (Fsp3) is 0.300. The molecule has 2 aromatic carbocycles. The fourth-order valence-corrected chi connectivity index (χ4v) is 2.69. The molecule has 0 amide bonds. The maximum absolute atomic E-state index is 11.9. The number of carbonyl (C=O) groups excluding carboxylic acids is 1. The van der Waals surface area contributed by atoms with Gasteiger partial charge in [0.25, 0.3) is 0 Å². The summed E-state index contributed by atoms with van der Waals surface area (Å²) in [6.07, 6.45) is 0. The highest BCUT2D eigenvalue weighted by Crippen LogP contribution is 2.22. The van der Waals surface area contributed by atoms with Crippen LogP contribution in [0.5, 0.6) is 11.5 Å². The zero-order valence-corrected chi connectivity index (χ0v) is 16.5. The van der Waals surface area contributed by atoms with Crippen molar-refractivity contribution < 1.29 is 14.3 Å². The molecule has 5 heteroatoms. The molecule has 0 aromatic heterocycles. The quantitative estimate of drug-likeness (QED) is 0.399. The fourth-order valence-electron chi connectivity index (χ4n) is 1.79. The van der Waals surface area contributed by atoms with Crippen molar-refractivity contribution >= 4 is 34.3 Å². The molecule has 0 unspecified atom stereocenters. The third-order valence-corrected chi connectivity index (χ3v) is 4.56. The van der Waals surface area contributed by atoms with Gasteiger partial charge in [0.1, 0.15) is 11.5 Å². The molecule has 0 saturated carbocycles. The number of ether oxygens (including phenoxy) is 2. The smallest absolute Gasteiger partial charge is 0.316 e. The Hall–Kier alpha value is -1.85. The van der Waals surface area contributed by atoms with E-state index in [-0.39, 0.29) is 5.97 Å². The molecule has 0 bridgehead atoms. The summed E-state index contributed by atoms with van der Waals surface area (Å²) >= 11 is 6.72. The maximum atomic E-state index is 11.9. The minimum atomic E-state index is -0.520. The summed E-state index contributed by atoms with van der Waals surface area (Å²) in [6.45, 7) is 7.51. The molecular formula is C20H22O3S2. The molecular weight excluding hydrogens is 352 g/mol. The Morgan fingerprint density at radius 2 is 1.48 bits per heavy atom. The monoisotopic (exact) mass is 374 g/mol. The average Bonchev–Trinajstić information content (AvgIpc) is 2.55. The third kappa shape index (κ3) is 6.52. The molecule has 0 aliphatic carbocycles. The highest BCUT2D eigenvalue weighted by Gasteiger charge is 2.23. The van der Waals surface area contributed by atoms with E-state index in [1.807, 2.05) is 64.1 Å². The number of thiocarbonyl (C=S) groups is 1. The lowest BCUT2D eigenvalue weighted by Crippen LogP contribution is -2.25. The number of benzene rings is 2. The van der Waals surface area contributed by atoms with Gasteiger partial charge in [0.05, 0.1) is 5.41 Å². The van der Waals surface area contributed by atoms with Crippen molar-refractivity contribution in [2.75, 3.05) is 0 Å². The first-order valence-corrected chi connectivity index (χ1v) is 9.36. The molecule has 0 saturated heterocycles. The molecule has 0 radical (unpaired) electrons. The molecule has 2 rings (SSSR count). The van der Waals surface area contributed by atoms with Crippen molar-refractivity contribution in [1.29, 1.82) is 0 Å². The number of thioether (sulfide) groups is 1. The molecule has 2 aromatic rings. The second-order valence-corrected chi connectivity index (χ2v) is 8.31. The van der Waals surface area contributed by atoms with E-state index in [9.17, 15) is 4.79 Å². The number of carbonyl (C=O) groups is 1. The first kappa shape index (κ1) is 19.5. The molecule has 0 N–H and O–H groups in total. The standard InChI is InChI=1S/C20H22O3S2/c1-14-5-9-17(10-6-14)23-19(24)25-13-15-7-11-16(12-8-15)22-18(21)20(2,3)4/h5-12H,13H2,1-4H3. The topological polar surface area (TPSA) is 35.5 Å². The van der Waals surface area contributed by atoms with E-state index >= 15 is 0 Å². The lowest BCUT2D eigenvalue weighted by atomic mass is 9.97. The lowest BCUT2D eigenvalue weighted by molar-refractivity contribution is -0.142. The Labute approximate surface area is 158 Å². The van der Waals surface area contributed by atoms with Crippen LogP contribution in [-0.2, 0) is 10.5 Å². The van der Waals surface area contributed by atoms with Crippen LogP contribution in [0.3, 0.4) is 0 Å². The summed E-state index contributed by atoms with van der Waals surface area (Å²) < 4.78 is 11.5. The number of rotatable bonds is 4. The van der Waals surface area contributed by atoms with Crippen molar-refractivity contribution in [3.8, 4) is 11.5 Å². The molecule has 0 aliphatic heterocycles. The highest BCUT2D eigenvalue weighted by atomic mass is 32.2.